The van der Waals surface area contributed by atoms with E-state index >= 15 is 0 Å². The van der Waals surface area contributed by atoms with Gasteiger partial charge in [0, 0.05) is 6.07 Å². The van der Waals surface area contributed by atoms with Crippen molar-refractivity contribution < 1.29 is 19.3 Å². The lowest BCUT2D eigenvalue weighted by atomic mass is 10.2. The van der Waals surface area contributed by atoms with E-state index in [1.54, 1.807) is 12.1 Å². The molecule has 164 valence electrons. The Kier molecular flexibility index (Phi) is 7.19. The van der Waals surface area contributed by atoms with Crippen LogP contribution in [-0.2, 0) is 6.61 Å². The van der Waals surface area contributed by atoms with E-state index in [-0.39, 0.29) is 5.69 Å². The maximum Gasteiger partial charge on any atom is 0.301 e. The monoisotopic (exact) mass is 456 g/mol. The third-order valence-corrected chi connectivity index (χ3v) is 4.55. The predicted octanol–water partition coefficient (Wildman–Crippen LogP) is 5.19. The lowest BCUT2D eigenvalue weighted by molar-refractivity contribution is -0.393. The number of methoxy groups -OCH3 is 1. The van der Waals surface area contributed by atoms with Gasteiger partial charge in [0.2, 0.25) is 0 Å². The highest BCUT2D eigenvalue weighted by Crippen LogP contribution is 2.36. The summed E-state index contributed by atoms with van der Waals surface area (Å²) in [7, 11) is 1.47. The molecule has 10 nitrogen and oxygen atoms in total. The number of ether oxygens (including phenoxy) is 2. The highest BCUT2D eigenvalue weighted by Gasteiger charge is 2.19. The molecule has 3 rings (SSSR count). The summed E-state index contributed by atoms with van der Waals surface area (Å²) < 4.78 is 11.2. The number of nitrogens with one attached hydrogen (secondary N) is 1. The van der Waals surface area contributed by atoms with E-state index in [0.29, 0.717) is 28.7 Å². The maximum absolute atomic E-state index is 11.2. The van der Waals surface area contributed by atoms with Crippen LogP contribution in [0.1, 0.15) is 11.1 Å². The van der Waals surface area contributed by atoms with Crippen molar-refractivity contribution in [2.75, 3.05) is 12.5 Å². The molecular formula is C21H17ClN4O6. The molecule has 11 heteroatoms. The summed E-state index contributed by atoms with van der Waals surface area (Å²) in [5, 5.41) is 26.3. The smallest absolute Gasteiger partial charge is 0.301 e. The van der Waals surface area contributed by atoms with Crippen LogP contribution in [0.25, 0.3) is 0 Å². The third-order valence-electron chi connectivity index (χ3n) is 4.27. The molecule has 0 heterocycles. The summed E-state index contributed by atoms with van der Waals surface area (Å²) in [5.41, 5.74) is 3.15. The fourth-order valence-corrected chi connectivity index (χ4v) is 3.01. The van der Waals surface area contributed by atoms with Gasteiger partial charge in [0.15, 0.2) is 11.5 Å². The molecule has 32 heavy (non-hydrogen) atoms. The average Bonchev–Trinajstić information content (AvgIpc) is 2.78. The van der Waals surface area contributed by atoms with Gasteiger partial charge in [0.25, 0.3) is 5.69 Å². The van der Waals surface area contributed by atoms with Crippen molar-refractivity contribution in [1.29, 1.82) is 0 Å². The summed E-state index contributed by atoms with van der Waals surface area (Å²) in [6, 6.07) is 16.0. The number of hydrogen-bond acceptors (Lipinski definition) is 8. The molecule has 0 amide bonds. The molecule has 0 spiro atoms. The Morgan fingerprint density at radius 2 is 1.81 bits per heavy atom. The number of hydrogen-bond donors (Lipinski definition) is 1. The number of non-ortho nitro benzene ring substituents is 1. The number of halogens is 1. The molecule has 1 N–H and O–H groups in total. The van der Waals surface area contributed by atoms with E-state index < -0.39 is 21.2 Å². The summed E-state index contributed by atoms with van der Waals surface area (Å²) in [4.78, 5) is 20.6. The summed E-state index contributed by atoms with van der Waals surface area (Å²) in [6.07, 6.45) is 1.38. The molecule has 0 fully saturated rings. The Hall–Kier alpha value is -4.18. The van der Waals surface area contributed by atoms with E-state index in [1.165, 1.54) is 19.4 Å². The second-order valence-electron chi connectivity index (χ2n) is 6.39. The number of nitrogens with zero attached hydrogens (tertiary/aromatic N) is 3. The Morgan fingerprint density at radius 3 is 2.47 bits per heavy atom. The van der Waals surface area contributed by atoms with Crippen LogP contribution in [0.15, 0.2) is 65.8 Å². The van der Waals surface area contributed by atoms with E-state index in [0.717, 1.165) is 17.7 Å². The molecule has 0 radical (unpaired) electrons. The first-order chi connectivity index (χ1) is 15.4. The fourth-order valence-electron chi connectivity index (χ4n) is 2.74. The molecule has 0 aliphatic carbocycles. The zero-order valence-corrected chi connectivity index (χ0v) is 17.5. The number of nitro groups is 2. The predicted molar refractivity (Wildman–Crippen MR) is 120 cm³/mol. The zero-order valence-electron chi connectivity index (χ0n) is 16.7. The number of rotatable bonds is 9. The van der Waals surface area contributed by atoms with Gasteiger partial charge in [-0.25, -0.2) is 0 Å². The lowest BCUT2D eigenvalue weighted by Gasteiger charge is -2.13. The average molecular weight is 457 g/mol. The minimum Gasteiger partial charge on any atom is -0.493 e. The lowest BCUT2D eigenvalue weighted by Crippen LogP contribution is -2.00. The molecule has 0 unspecified atom stereocenters. The first-order valence-corrected chi connectivity index (χ1v) is 9.53. The van der Waals surface area contributed by atoms with Crippen LogP contribution in [-0.4, -0.2) is 23.2 Å². The minimum atomic E-state index is -0.733. The Labute approximate surface area is 187 Å². The van der Waals surface area contributed by atoms with E-state index in [2.05, 4.69) is 10.5 Å². The molecule has 0 bridgehead atoms. The SMILES string of the molecule is COc1cc(/C=N\Nc2ccc([N+](=O)[O-])cc2[N+](=O)[O-])cc(Cl)c1OCc1ccccc1. The van der Waals surface area contributed by atoms with Crippen molar-refractivity contribution in [3.63, 3.8) is 0 Å². The van der Waals surface area contributed by atoms with Crippen LogP contribution in [0.2, 0.25) is 5.02 Å². The Morgan fingerprint density at radius 1 is 1.06 bits per heavy atom. The second kappa shape index (κ2) is 10.2. The zero-order chi connectivity index (χ0) is 23.1. The van der Waals surface area contributed by atoms with Crippen molar-refractivity contribution in [1.82, 2.24) is 0 Å². The number of anilines is 1. The van der Waals surface area contributed by atoms with Gasteiger partial charge >= 0.3 is 5.69 Å². The minimum absolute atomic E-state index is 0.00211. The van der Waals surface area contributed by atoms with Crippen molar-refractivity contribution in [2.45, 2.75) is 6.61 Å². The highest BCUT2D eigenvalue weighted by atomic mass is 35.5. The van der Waals surface area contributed by atoms with Gasteiger partial charge < -0.3 is 9.47 Å². The van der Waals surface area contributed by atoms with Crippen LogP contribution in [0.3, 0.4) is 0 Å². The van der Waals surface area contributed by atoms with Gasteiger partial charge in [-0.05, 0) is 29.3 Å². The topological polar surface area (TPSA) is 129 Å². The second-order valence-corrected chi connectivity index (χ2v) is 6.80. The quantitative estimate of drug-likeness (QED) is 0.266. The van der Waals surface area contributed by atoms with Crippen LogP contribution >= 0.6 is 11.6 Å². The molecule has 0 atom stereocenters. The number of nitro benzene ring substituents is 2. The van der Waals surface area contributed by atoms with Crippen LogP contribution < -0.4 is 14.9 Å². The van der Waals surface area contributed by atoms with Crippen molar-refractivity contribution in [3.05, 3.63) is 97.0 Å². The molecular weight excluding hydrogens is 440 g/mol. The first-order valence-electron chi connectivity index (χ1n) is 9.15. The molecule has 3 aromatic carbocycles. The highest BCUT2D eigenvalue weighted by molar-refractivity contribution is 6.32. The van der Waals surface area contributed by atoms with E-state index in [4.69, 9.17) is 21.1 Å². The molecule has 0 aromatic heterocycles. The van der Waals surface area contributed by atoms with Crippen LogP contribution in [0.4, 0.5) is 17.1 Å². The van der Waals surface area contributed by atoms with Gasteiger partial charge in [0.05, 0.1) is 34.3 Å². The first kappa shape index (κ1) is 22.5. The molecule has 3 aromatic rings. The van der Waals surface area contributed by atoms with Gasteiger partial charge in [-0.3, -0.25) is 25.7 Å². The molecule has 0 aliphatic rings. The largest absolute Gasteiger partial charge is 0.493 e. The summed E-state index contributed by atoms with van der Waals surface area (Å²) in [5.74, 6) is 0.755. The standard InChI is InChI=1S/C21H17ClN4O6/c1-31-20-10-15(9-17(22)21(20)32-13-14-5-3-2-4-6-14)12-23-24-18-8-7-16(25(27)28)11-19(18)26(29)30/h2-12,24H,13H2,1H3/b23-12-. The van der Waals surface area contributed by atoms with Crippen molar-refractivity contribution in [2.24, 2.45) is 5.10 Å². The van der Waals surface area contributed by atoms with Crippen molar-refractivity contribution in [3.8, 4) is 11.5 Å². The summed E-state index contributed by atoms with van der Waals surface area (Å²) in [6.45, 7) is 0.301. The van der Waals surface area contributed by atoms with Gasteiger partial charge in [0.1, 0.15) is 12.3 Å². The Balaban J connectivity index is 1.77. The van der Waals surface area contributed by atoms with E-state index in [1.807, 2.05) is 30.3 Å². The normalized spacial score (nSPS) is 10.7. The number of benzene rings is 3. The molecule has 0 aliphatic heterocycles. The fraction of sp³-hybridized carbons (Fsp3) is 0.0952. The van der Waals surface area contributed by atoms with E-state index in [9.17, 15) is 20.2 Å². The third kappa shape index (κ3) is 5.49. The maximum atomic E-state index is 11.2. The van der Waals surface area contributed by atoms with Gasteiger partial charge in [-0.2, -0.15) is 5.10 Å². The van der Waals surface area contributed by atoms with Crippen LogP contribution in [0, 0.1) is 20.2 Å². The van der Waals surface area contributed by atoms with Crippen LogP contribution in [0.5, 0.6) is 11.5 Å². The van der Waals surface area contributed by atoms with Gasteiger partial charge in [-0.1, -0.05) is 41.9 Å². The Bertz CT molecular complexity index is 1170. The molecule has 0 saturated heterocycles. The number of hydrazone groups is 1. The summed E-state index contributed by atoms with van der Waals surface area (Å²) >= 11 is 6.35. The van der Waals surface area contributed by atoms with Crippen molar-refractivity contribution >= 4 is 34.9 Å². The van der Waals surface area contributed by atoms with Gasteiger partial charge in [-0.15, -0.1) is 0 Å². The molecule has 0 saturated carbocycles.